The standard InChI is InChI=1S/C17H21N3O3/c1-20-10-12(17(19-20)23-3)9-18-16(21)13-8-7-11-5-4-6-14(22-2)15(11)13/h4-6,10,13H,7-9H2,1-3H3,(H,18,21). The Bertz CT molecular complexity index is 724. The van der Waals surface area contributed by atoms with E-state index in [-0.39, 0.29) is 11.8 Å². The molecule has 1 atom stereocenters. The van der Waals surface area contributed by atoms with Gasteiger partial charge in [0.05, 0.1) is 25.7 Å². The molecule has 0 saturated heterocycles. The first-order valence-electron chi connectivity index (χ1n) is 7.64. The zero-order valence-electron chi connectivity index (χ0n) is 13.6. The zero-order chi connectivity index (χ0) is 16.4. The van der Waals surface area contributed by atoms with Crippen molar-refractivity contribution < 1.29 is 14.3 Å². The van der Waals surface area contributed by atoms with E-state index in [1.807, 2.05) is 25.4 Å². The van der Waals surface area contributed by atoms with Crippen molar-refractivity contribution in [2.24, 2.45) is 7.05 Å². The molecule has 0 fully saturated rings. The molecule has 0 saturated carbocycles. The lowest BCUT2D eigenvalue weighted by Crippen LogP contribution is -2.28. The van der Waals surface area contributed by atoms with E-state index in [0.29, 0.717) is 12.4 Å². The number of fused-ring (bicyclic) bond motifs is 1. The highest BCUT2D eigenvalue weighted by molar-refractivity contribution is 5.86. The lowest BCUT2D eigenvalue weighted by molar-refractivity contribution is -0.122. The van der Waals surface area contributed by atoms with Crippen molar-refractivity contribution in [3.8, 4) is 11.6 Å². The van der Waals surface area contributed by atoms with Crippen LogP contribution in [0.2, 0.25) is 0 Å². The van der Waals surface area contributed by atoms with Crippen LogP contribution in [0, 0.1) is 0 Å². The van der Waals surface area contributed by atoms with E-state index in [2.05, 4.69) is 16.5 Å². The molecule has 122 valence electrons. The minimum absolute atomic E-state index is 0.0131. The summed E-state index contributed by atoms with van der Waals surface area (Å²) in [5.41, 5.74) is 3.08. The van der Waals surface area contributed by atoms with Gasteiger partial charge in [0, 0.05) is 25.4 Å². The van der Waals surface area contributed by atoms with Crippen LogP contribution >= 0.6 is 0 Å². The van der Waals surface area contributed by atoms with Gasteiger partial charge in [0.25, 0.3) is 0 Å². The second kappa shape index (κ2) is 6.32. The monoisotopic (exact) mass is 315 g/mol. The van der Waals surface area contributed by atoms with Gasteiger partial charge in [-0.3, -0.25) is 9.48 Å². The molecule has 3 rings (SSSR count). The van der Waals surface area contributed by atoms with E-state index in [1.54, 1.807) is 18.9 Å². The maximum atomic E-state index is 12.6. The van der Waals surface area contributed by atoms with Crippen molar-refractivity contribution in [3.63, 3.8) is 0 Å². The van der Waals surface area contributed by atoms with Crippen LogP contribution < -0.4 is 14.8 Å². The normalized spacial score (nSPS) is 16.0. The van der Waals surface area contributed by atoms with Crippen molar-refractivity contribution in [3.05, 3.63) is 41.1 Å². The molecule has 6 heteroatoms. The molecule has 1 aromatic heterocycles. The van der Waals surface area contributed by atoms with Crippen LogP contribution in [0.5, 0.6) is 11.6 Å². The fraction of sp³-hybridized carbons (Fsp3) is 0.412. The molecule has 0 spiro atoms. The van der Waals surface area contributed by atoms with Gasteiger partial charge in [0.1, 0.15) is 5.75 Å². The van der Waals surface area contributed by atoms with E-state index in [0.717, 1.165) is 29.7 Å². The molecular weight excluding hydrogens is 294 g/mol. The van der Waals surface area contributed by atoms with E-state index in [4.69, 9.17) is 9.47 Å². The quantitative estimate of drug-likeness (QED) is 0.913. The Hall–Kier alpha value is -2.50. The molecule has 1 aliphatic carbocycles. The number of rotatable bonds is 5. The summed E-state index contributed by atoms with van der Waals surface area (Å²) in [6.07, 6.45) is 3.56. The van der Waals surface area contributed by atoms with Gasteiger partial charge in [0.15, 0.2) is 0 Å². The summed E-state index contributed by atoms with van der Waals surface area (Å²) >= 11 is 0. The van der Waals surface area contributed by atoms with Crippen molar-refractivity contribution in [2.75, 3.05) is 14.2 Å². The second-order valence-corrected chi connectivity index (χ2v) is 5.68. The smallest absolute Gasteiger partial charge is 0.237 e. The Morgan fingerprint density at radius 1 is 1.39 bits per heavy atom. The maximum Gasteiger partial charge on any atom is 0.237 e. The molecule has 2 aromatic rings. The van der Waals surface area contributed by atoms with Gasteiger partial charge < -0.3 is 14.8 Å². The van der Waals surface area contributed by atoms with Gasteiger partial charge in [-0.25, -0.2) is 0 Å². The predicted octanol–water partition coefficient (Wildman–Crippen LogP) is 1.78. The van der Waals surface area contributed by atoms with E-state index < -0.39 is 0 Å². The summed E-state index contributed by atoms with van der Waals surface area (Å²) in [6.45, 7) is 0.400. The maximum absolute atomic E-state index is 12.6. The molecule has 1 amide bonds. The first-order chi connectivity index (χ1) is 11.1. The summed E-state index contributed by atoms with van der Waals surface area (Å²) in [7, 11) is 5.04. The predicted molar refractivity (Wildman–Crippen MR) is 85.7 cm³/mol. The number of aryl methyl sites for hydroxylation is 2. The van der Waals surface area contributed by atoms with Gasteiger partial charge in [-0.15, -0.1) is 5.10 Å². The number of nitrogens with zero attached hydrogens (tertiary/aromatic N) is 2. The highest BCUT2D eigenvalue weighted by Crippen LogP contribution is 2.39. The first-order valence-corrected chi connectivity index (χ1v) is 7.64. The van der Waals surface area contributed by atoms with Crippen molar-refractivity contribution in [1.29, 1.82) is 0 Å². The third kappa shape index (κ3) is 2.88. The van der Waals surface area contributed by atoms with Crippen LogP contribution in [0.25, 0.3) is 0 Å². The van der Waals surface area contributed by atoms with E-state index >= 15 is 0 Å². The molecule has 1 N–H and O–H groups in total. The Morgan fingerprint density at radius 2 is 2.22 bits per heavy atom. The largest absolute Gasteiger partial charge is 0.496 e. The number of hydrogen-bond acceptors (Lipinski definition) is 4. The Balaban J connectivity index is 1.74. The number of aromatic nitrogens is 2. The SMILES string of the molecule is COc1cccc2c1C(C(=O)NCc1cn(C)nc1OC)CC2. The Labute approximate surface area is 135 Å². The Morgan fingerprint density at radius 3 is 2.96 bits per heavy atom. The highest BCUT2D eigenvalue weighted by Gasteiger charge is 2.31. The molecule has 1 unspecified atom stereocenters. The molecule has 0 aliphatic heterocycles. The summed E-state index contributed by atoms with van der Waals surface area (Å²) in [5.74, 6) is 1.18. The first kappa shape index (κ1) is 15.4. The van der Waals surface area contributed by atoms with Gasteiger partial charge in [-0.05, 0) is 24.5 Å². The minimum atomic E-state index is -0.163. The number of carbonyl (C=O) groups is 1. The van der Waals surface area contributed by atoms with E-state index in [1.165, 1.54) is 5.56 Å². The Kier molecular flexibility index (Phi) is 4.23. The van der Waals surface area contributed by atoms with Crippen LogP contribution in [0.15, 0.2) is 24.4 Å². The van der Waals surface area contributed by atoms with Crippen LogP contribution in [0.4, 0.5) is 0 Å². The van der Waals surface area contributed by atoms with Gasteiger partial charge in [-0.2, -0.15) is 0 Å². The number of carbonyl (C=O) groups excluding carboxylic acids is 1. The third-order valence-corrected chi connectivity index (χ3v) is 4.26. The molecule has 0 bridgehead atoms. The van der Waals surface area contributed by atoms with Crippen LogP contribution in [0.3, 0.4) is 0 Å². The number of hydrogen-bond donors (Lipinski definition) is 1. The summed E-state index contributed by atoms with van der Waals surface area (Å²) in [4.78, 5) is 12.6. The van der Waals surface area contributed by atoms with E-state index in [9.17, 15) is 4.79 Å². The minimum Gasteiger partial charge on any atom is -0.496 e. The summed E-state index contributed by atoms with van der Waals surface area (Å²) < 4.78 is 12.3. The summed E-state index contributed by atoms with van der Waals surface area (Å²) in [5, 5.41) is 7.18. The van der Waals surface area contributed by atoms with Crippen LogP contribution in [-0.4, -0.2) is 29.9 Å². The number of nitrogens with one attached hydrogen (secondary N) is 1. The van der Waals surface area contributed by atoms with Crippen molar-refractivity contribution >= 4 is 5.91 Å². The number of benzene rings is 1. The fourth-order valence-electron chi connectivity index (χ4n) is 3.20. The van der Waals surface area contributed by atoms with Crippen LogP contribution in [0.1, 0.15) is 29.0 Å². The molecule has 0 radical (unpaired) electrons. The van der Waals surface area contributed by atoms with Crippen molar-refractivity contribution in [1.82, 2.24) is 15.1 Å². The average Bonchev–Trinajstić information content (AvgIpc) is 3.15. The molecule has 1 aliphatic rings. The zero-order valence-corrected chi connectivity index (χ0v) is 13.6. The topological polar surface area (TPSA) is 65.4 Å². The number of amides is 1. The van der Waals surface area contributed by atoms with Crippen LogP contribution in [-0.2, 0) is 24.8 Å². The average molecular weight is 315 g/mol. The molecule has 6 nitrogen and oxygen atoms in total. The van der Waals surface area contributed by atoms with Gasteiger partial charge in [-0.1, -0.05) is 12.1 Å². The molecule has 1 aromatic carbocycles. The highest BCUT2D eigenvalue weighted by atomic mass is 16.5. The lowest BCUT2D eigenvalue weighted by Gasteiger charge is -2.15. The number of methoxy groups -OCH3 is 2. The van der Waals surface area contributed by atoms with Gasteiger partial charge >= 0.3 is 0 Å². The van der Waals surface area contributed by atoms with Crippen molar-refractivity contribution in [2.45, 2.75) is 25.3 Å². The fourth-order valence-corrected chi connectivity index (χ4v) is 3.20. The lowest BCUT2D eigenvalue weighted by atomic mass is 9.99. The summed E-state index contributed by atoms with van der Waals surface area (Å²) in [6, 6.07) is 5.95. The number of ether oxygens (including phenoxy) is 2. The third-order valence-electron chi connectivity index (χ3n) is 4.26. The molecular formula is C17H21N3O3. The van der Waals surface area contributed by atoms with Gasteiger partial charge in [0.2, 0.25) is 11.8 Å². The molecule has 1 heterocycles. The molecule has 23 heavy (non-hydrogen) atoms. The second-order valence-electron chi connectivity index (χ2n) is 5.68.